The van der Waals surface area contributed by atoms with Gasteiger partial charge in [0.25, 0.3) is 0 Å². The Kier molecular flexibility index (Phi) is 3.71. The van der Waals surface area contributed by atoms with Crippen LogP contribution in [0, 0.1) is 6.92 Å². The number of aromatic nitrogens is 2. The molecule has 0 unspecified atom stereocenters. The third kappa shape index (κ3) is 2.55. The van der Waals surface area contributed by atoms with Gasteiger partial charge in [-0.25, -0.2) is 0 Å². The van der Waals surface area contributed by atoms with Gasteiger partial charge >= 0.3 is 0 Å². The maximum Gasteiger partial charge on any atom is 0.237 e. The second kappa shape index (κ2) is 5.38. The van der Waals surface area contributed by atoms with E-state index >= 15 is 0 Å². The van der Waals surface area contributed by atoms with Crippen LogP contribution in [0.4, 0.5) is 0 Å². The molecule has 2 aliphatic heterocycles. The third-order valence-corrected chi connectivity index (χ3v) is 4.38. The van der Waals surface area contributed by atoms with Crippen molar-refractivity contribution in [3.8, 4) is 0 Å². The van der Waals surface area contributed by atoms with Crippen molar-refractivity contribution in [3.63, 3.8) is 0 Å². The Morgan fingerprint density at radius 3 is 3.00 bits per heavy atom. The molecule has 0 radical (unpaired) electrons. The largest absolute Gasteiger partial charge is 0.377 e. The highest BCUT2D eigenvalue weighted by atomic mass is 16.5. The number of aryl methyl sites for hydroxylation is 1. The van der Waals surface area contributed by atoms with Gasteiger partial charge in [0, 0.05) is 19.7 Å². The van der Waals surface area contributed by atoms with Crippen LogP contribution in [0.3, 0.4) is 0 Å². The zero-order valence-electron chi connectivity index (χ0n) is 12.8. The van der Waals surface area contributed by atoms with Gasteiger partial charge in [-0.1, -0.05) is 5.16 Å². The predicted molar refractivity (Wildman–Crippen MR) is 74.8 cm³/mol. The van der Waals surface area contributed by atoms with Gasteiger partial charge in [0.05, 0.1) is 18.1 Å². The SMILES string of the molecule is Cc1noc([C@@]23CCO[C@@H]2CCN(C(=O)CN(C)C)C3)n1. The molecule has 2 aliphatic rings. The molecule has 2 fully saturated rings. The van der Waals surface area contributed by atoms with Crippen LogP contribution in [0.15, 0.2) is 4.52 Å². The number of carbonyl (C=O) groups is 1. The molecule has 21 heavy (non-hydrogen) atoms. The zero-order valence-corrected chi connectivity index (χ0v) is 12.8. The zero-order chi connectivity index (χ0) is 15.0. The van der Waals surface area contributed by atoms with E-state index in [1.54, 1.807) is 0 Å². The maximum atomic E-state index is 12.4. The van der Waals surface area contributed by atoms with E-state index in [4.69, 9.17) is 9.26 Å². The van der Waals surface area contributed by atoms with Crippen molar-refractivity contribution in [1.29, 1.82) is 0 Å². The van der Waals surface area contributed by atoms with Gasteiger partial charge < -0.3 is 19.1 Å². The highest BCUT2D eigenvalue weighted by molar-refractivity contribution is 5.78. The topological polar surface area (TPSA) is 71.7 Å². The standard InChI is InChI=1S/C14H22N4O3/c1-10-15-13(21-16-10)14-5-7-20-11(14)4-6-18(9-14)12(19)8-17(2)3/h11H,4-9H2,1-3H3/t11-,14-/m1/s1. The summed E-state index contributed by atoms with van der Waals surface area (Å²) in [6.45, 7) is 4.25. The summed E-state index contributed by atoms with van der Waals surface area (Å²) in [5.41, 5.74) is -0.332. The fourth-order valence-electron chi connectivity index (χ4n) is 3.33. The van der Waals surface area contributed by atoms with Crippen molar-refractivity contribution in [1.82, 2.24) is 19.9 Å². The Balaban J connectivity index is 1.84. The molecule has 0 aliphatic carbocycles. The van der Waals surface area contributed by atoms with Crippen LogP contribution in [0.5, 0.6) is 0 Å². The molecule has 2 saturated heterocycles. The number of carbonyl (C=O) groups excluding carboxylic acids is 1. The van der Waals surface area contributed by atoms with E-state index in [2.05, 4.69) is 10.1 Å². The molecule has 3 rings (SSSR count). The summed E-state index contributed by atoms with van der Waals surface area (Å²) in [6, 6.07) is 0. The summed E-state index contributed by atoms with van der Waals surface area (Å²) < 4.78 is 11.3. The van der Waals surface area contributed by atoms with Crippen molar-refractivity contribution in [3.05, 3.63) is 11.7 Å². The van der Waals surface area contributed by atoms with E-state index in [0.717, 1.165) is 19.4 Å². The summed E-state index contributed by atoms with van der Waals surface area (Å²) in [7, 11) is 3.81. The molecule has 0 N–H and O–H groups in total. The first kappa shape index (κ1) is 14.5. The van der Waals surface area contributed by atoms with Crippen LogP contribution in [-0.2, 0) is 14.9 Å². The van der Waals surface area contributed by atoms with E-state index in [1.807, 2.05) is 30.8 Å². The quantitative estimate of drug-likeness (QED) is 0.793. The summed E-state index contributed by atoms with van der Waals surface area (Å²) in [5, 5.41) is 3.91. The van der Waals surface area contributed by atoms with Crippen molar-refractivity contribution in [2.24, 2.45) is 0 Å². The normalized spacial score (nSPS) is 29.0. The van der Waals surface area contributed by atoms with E-state index in [1.165, 1.54) is 0 Å². The fraction of sp³-hybridized carbons (Fsp3) is 0.786. The Morgan fingerprint density at radius 1 is 1.52 bits per heavy atom. The smallest absolute Gasteiger partial charge is 0.237 e. The second-order valence-electron chi connectivity index (χ2n) is 6.25. The van der Waals surface area contributed by atoms with Gasteiger partial charge in [-0.3, -0.25) is 4.79 Å². The van der Waals surface area contributed by atoms with E-state index in [-0.39, 0.29) is 17.4 Å². The van der Waals surface area contributed by atoms with Crippen LogP contribution in [0.2, 0.25) is 0 Å². The number of hydrogen-bond acceptors (Lipinski definition) is 6. The van der Waals surface area contributed by atoms with Gasteiger partial charge in [-0.05, 0) is 33.9 Å². The van der Waals surface area contributed by atoms with Gasteiger partial charge in [0.2, 0.25) is 11.8 Å². The molecule has 1 aromatic rings. The summed E-state index contributed by atoms with van der Waals surface area (Å²) in [4.78, 5) is 20.6. The van der Waals surface area contributed by atoms with Gasteiger partial charge in [0.15, 0.2) is 5.82 Å². The lowest BCUT2D eigenvalue weighted by molar-refractivity contribution is -0.136. The number of likely N-dealkylation sites (tertiary alicyclic amines) is 1. The number of hydrogen-bond donors (Lipinski definition) is 0. The summed E-state index contributed by atoms with van der Waals surface area (Å²) in [6.07, 6.45) is 1.71. The van der Waals surface area contributed by atoms with Gasteiger partial charge in [-0.15, -0.1) is 0 Å². The molecule has 1 aromatic heterocycles. The first-order chi connectivity index (χ1) is 10.0. The second-order valence-corrected chi connectivity index (χ2v) is 6.25. The molecule has 2 atom stereocenters. The van der Waals surface area contributed by atoms with Crippen LogP contribution in [0.25, 0.3) is 0 Å². The van der Waals surface area contributed by atoms with Crippen LogP contribution >= 0.6 is 0 Å². The molecule has 0 saturated carbocycles. The molecule has 116 valence electrons. The molecule has 1 amide bonds. The molecule has 0 spiro atoms. The first-order valence-corrected chi connectivity index (χ1v) is 7.36. The number of nitrogens with zero attached hydrogens (tertiary/aromatic N) is 4. The van der Waals surface area contributed by atoms with Crippen molar-refractivity contribution in [2.45, 2.75) is 31.3 Å². The van der Waals surface area contributed by atoms with Crippen LogP contribution in [-0.4, -0.2) is 72.3 Å². The minimum atomic E-state index is -0.332. The molecular weight excluding hydrogens is 272 g/mol. The van der Waals surface area contributed by atoms with E-state index in [9.17, 15) is 4.79 Å². The highest BCUT2D eigenvalue weighted by Gasteiger charge is 2.53. The van der Waals surface area contributed by atoms with Crippen LogP contribution < -0.4 is 0 Å². The first-order valence-electron chi connectivity index (χ1n) is 7.36. The molecular formula is C14H22N4O3. The number of fused-ring (bicyclic) bond motifs is 1. The summed E-state index contributed by atoms with van der Waals surface area (Å²) in [5.74, 6) is 1.38. The Hall–Kier alpha value is -1.47. The van der Waals surface area contributed by atoms with Crippen LogP contribution in [0.1, 0.15) is 24.6 Å². The summed E-state index contributed by atoms with van der Waals surface area (Å²) >= 11 is 0. The highest BCUT2D eigenvalue weighted by Crippen LogP contribution is 2.42. The Bertz CT molecular complexity index is 530. The van der Waals surface area contributed by atoms with E-state index < -0.39 is 0 Å². The number of rotatable bonds is 3. The number of piperidine rings is 1. The number of likely N-dealkylation sites (N-methyl/N-ethyl adjacent to an activating group) is 1. The molecule has 7 nitrogen and oxygen atoms in total. The Labute approximate surface area is 124 Å². The molecule has 0 bridgehead atoms. The van der Waals surface area contributed by atoms with Gasteiger partial charge in [-0.2, -0.15) is 4.98 Å². The van der Waals surface area contributed by atoms with Gasteiger partial charge in [0.1, 0.15) is 0 Å². The van der Waals surface area contributed by atoms with Crippen molar-refractivity contribution in [2.75, 3.05) is 40.3 Å². The fourth-order valence-corrected chi connectivity index (χ4v) is 3.33. The minimum Gasteiger partial charge on any atom is -0.377 e. The van der Waals surface area contributed by atoms with Crippen molar-refractivity contribution < 1.29 is 14.1 Å². The lowest BCUT2D eigenvalue weighted by atomic mass is 9.76. The Morgan fingerprint density at radius 2 is 2.33 bits per heavy atom. The van der Waals surface area contributed by atoms with Crippen molar-refractivity contribution >= 4 is 5.91 Å². The third-order valence-electron chi connectivity index (χ3n) is 4.38. The average molecular weight is 294 g/mol. The monoisotopic (exact) mass is 294 g/mol. The molecule has 7 heteroatoms. The lowest BCUT2D eigenvalue weighted by Gasteiger charge is -2.41. The number of ether oxygens (including phenoxy) is 1. The number of amides is 1. The van der Waals surface area contributed by atoms with E-state index in [0.29, 0.717) is 31.4 Å². The minimum absolute atomic E-state index is 0.0701. The molecule has 3 heterocycles. The predicted octanol–water partition coefficient (Wildman–Crippen LogP) is 0.199. The average Bonchev–Trinajstić information content (AvgIpc) is 3.03. The molecule has 0 aromatic carbocycles. The lowest BCUT2D eigenvalue weighted by Crippen LogP contribution is -2.55. The maximum absolute atomic E-state index is 12.4.